The average Bonchev–Trinajstić information content (AvgIpc) is 3.04. The Morgan fingerprint density at radius 2 is 1.54 bits per heavy atom. The first-order valence-electron chi connectivity index (χ1n) is 17.3. The number of allylic oxidation sites excluding steroid dienone is 1. The van der Waals surface area contributed by atoms with Crippen LogP contribution in [0.4, 0.5) is 4.79 Å². The zero-order chi connectivity index (χ0) is 33.4. The van der Waals surface area contributed by atoms with Crippen LogP contribution in [0.1, 0.15) is 122 Å². The van der Waals surface area contributed by atoms with Gasteiger partial charge in [-0.2, -0.15) is 0 Å². The molecule has 0 radical (unpaired) electrons. The fourth-order valence-corrected chi connectivity index (χ4v) is 5.51. The third kappa shape index (κ3) is 15.6. The zero-order valence-corrected chi connectivity index (χ0v) is 27.9. The Morgan fingerprint density at radius 3 is 2.20 bits per heavy atom. The quantitative estimate of drug-likeness (QED) is 0.0380. The number of carbonyl (C=O) groups excluding carboxylic acids is 2. The maximum Gasteiger partial charge on any atom is 0.416 e. The number of carbonyl (C=O) groups is 2. The van der Waals surface area contributed by atoms with E-state index in [1.54, 1.807) is 0 Å². The summed E-state index contributed by atoms with van der Waals surface area (Å²) in [5, 5.41) is 20.2. The monoisotopic (exact) mass is 642 g/mol. The molecule has 0 fully saturated rings. The van der Waals surface area contributed by atoms with Gasteiger partial charge in [0.25, 0.3) is 0 Å². The van der Waals surface area contributed by atoms with Gasteiger partial charge in [-0.1, -0.05) is 114 Å². The van der Waals surface area contributed by atoms with E-state index in [-0.39, 0.29) is 31.2 Å². The molecule has 1 aliphatic rings. The number of hydrogen-bond donors (Lipinski definition) is 5. The van der Waals surface area contributed by atoms with Gasteiger partial charge >= 0.3 is 12.1 Å². The van der Waals surface area contributed by atoms with Gasteiger partial charge in [0.1, 0.15) is 6.61 Å². The number of benzene rings is 1. The predicted octanol–water partition coefficient (Wildman–Crippen LogP) is 6.25. The number of guanidine groups is 2. The van der Waals surface area contributed by atoms with Crippen molar-refractivity contribution in [2.24, 2.45) is 16.5 Å². The number of aliphatic hydroxyl groups excluding tert-OH is 1. The molecule has 0 aliphatic carbocycles. The molecule has 2 rings (SSSR count). The van der Waals surface area contributed by atoms with Crippen LogP contribution in [-0.4, -0.2) is 59.8 Å². The minimum atomic E-state index is -0.629. The van der Waals surface area contributed by atoms with Crippen molar-refractivity contribution >= 4 is 24.0 Å². The summed E-state index contributed by atoms with van der Waals surface area (Å²) in [5.41, 5.74) is 13.8. The molecule has 0 aromatic heterocycles. The van der Waals surface area contributed by atoms with Crippen LogP contribution in [0.25, 0.3) is 0 Å². The molecule has 1 amide bonds. The molecule has 1 aliphatic heterocycles. The lowest BCUT2D eigenvalue weighted by Gasteiger charge is -2.26. The molecule has 1 heterocycles. The molecule has 1 aromatic carbocycles. The summed E-state index contributed by atoms with van der Waals surface area (Å²) in [7, 11) is 0. The van der Waals surface area contributed by atoms with Gasteiger partial charge in [-0.05, 0) is 37.7 Å². The second-order valence-electron chi connectivity index (χ2n) is 12.0. The molecule has 1 unspecified atom stereocenters. The van der Waals surface area contributed by atoms with Gasteiger partial charge in [0.2, 0.25) is 0 Å². The Balaban J connectivity index is 1.72. The SMILES string of the molecule is CCCCCCCCCCCC1N=C(N)NC(CCCO)=C1C(=O)OCCCCCCCN(C(=N)N)C(=O)OCc1ccccc1. The van der Waals surface area contributed by atoms with Crippen molar-refractivity contribution in [2.45, 2.75) is 129 Å². The highest BCUT2D eigenvalue weighted by atomic mass is 16.6. The van der Waals surface area contributed by atoms with Crippen LogP contribution >= 0.6 is 0 Å². The van der Waals surface area contributed by atoms with Gasteiger partial charge in [0.05, 0.1) is 18.2 Å². The normalized spacial score (nSPS) is 14.4. The lowest BCUT2D eigenvalue weighted by Crippen LogP contribution is -2.42. The Kier molecular flexibility index (Phi) is 19.9. The lowest BCUT2D eigenvalue weighted by atomic mass is 9.95. The minimum Gasteiger partial charge on any atom is -0.462 e. The summed E-state index contributed by atoms with van der Waals surface area (Å²) >= 11 is 0. The predicted molar refractivity (Wildman–Crippen MR) is 183 cm³/mol. The molecule has 1 atom stereocenters. The van der Waals surface area contributed by atoms with Crippen molar-refractivity contribution in [1.29, 1.82) is 5.41 Å². The van der Waals surface area contributed by atoms with Crippen LogP contribution in [0.2, 0.25) is 0 Å². The third-order valence-electron chi connectivity index (χ3n) is 8.09. The fraction of sp³-hybridized carbons (Fsp3) is 0.657. The summed E-state index contributed by atoms with van der Waals surface area (Å²) in [6.45, 7) is 2.98. The summed E-state index contributed by atoms with van der Waals surface area (Å²) in [6.07, 6.45) is 16.1. The molecule has 7 N–H and O–H groups in total. The van der Waals surface area contributed by atoms with Crippen LogP contribution in [0.5, 0.6) is 0 Å². The van der Waals surface area contributed by atoms with E-state index in [0.717, 1.165) is 49.0 Å². The lowest BCUT2D eigenvalue weighted by molar-refractivity contribution is -0.139. The number of hydrogen-bond acceptors (Lipinski definition) is 9. The average molecular weight is 643 g/mol. The van der Waals surface area contributed by atoms with Gasteiger partial charge < -0.3 is 31.4 Å². The van der Waals surface area contributed by atoms with Crippen molar-refractivity contribution < 1.29 is 24.2 Å². The highest BCUT2D eigenvalue weighted by Crippen LogP contribution is 2.25. The second-order valence-corrected chi connectivity index (χ2v) is 12.0. The number of unbranched alkanes of at least 4 members (excludes halogenated alkanes) is 12. The summed E-state index contributed by atoms with van der Waals surface area (Å²) in [6, 6.07) is 9.02. The molecule has 258 valence electrons. The number of aliphatic hydroxyl groups is 1. The molecule has 46 heavy (non-hydrogen) atoms. The minimum absolute atomic E-state index is 0.0204. The van der Waals surface area contributed by atoms with E-state index in [1.165, 1.54) is 44.9 Å². The van der Waals surface area contributed by atoms with E-state index in [1.807, 2.05) is 30.3 Å². The number of rotatable bonds is 24. The number of nitrogens with one attached hydrogen (secondary N) is 2. The summed E-state index contributed by atoms with van der Waals surface area (Å²) in [4.78, 5) is 31.4. The third-order valence-corrected chi connectivity index (χ3v) is 8.09. The number of amides is 1. The van der Waals surface area contributed by atoms with E-state index in [2.05, 4.69) is 17.2 Å². The second kappa shape index (κ2) is 23.7. The number of esters is 1. The largest absolute Gasteiger partial charge is 0.462 e. The molecular formula is C35H58N6O5. The van der Waals surface area contributed by atoms with Gasteiger partial charge in [0.15, 0.2) is 11.9 Å². The first-order valence-corrected chi connectivity index (χ1v) is 17.3. The highest BCUT2D eigenvalue weighted by Gasteiger charge is 2.29. The molecule has 11 heteroatoms. The number of ether oxygens (including phenoxy) is 2. The Labute approximate surface area is 275 Å². The van der Waals surface area contributed by atoms with E-state index in [0.29, 0.717) is 56.1 Å². The number of nitrogens with zero attached hydrogens (tertiary/aromatic N) is 2. The summed E-state index contributed by atoms with van der Waals surface area (Å²) < 4.78 is 11.0. The highest BCUT2D eigenvalue weighted by molar-refractivity contribution is 5.94. The van der Waals surface area contributed by atoms with E-state index in [9.17, 15) is 14.7 Å². The van der Waals surface area contributed by atoms with Crippen LogP contribution in [0, 0.1) is 5.41 Å². The number of nitrogens with two attached hydrogens (primary N) is 2. The van der Waals surface area contributed by atoms with Crippen LogP contribution in [0.3, 0.4) is 0 Å². The topological polar surface area (TPSA) is 176 Å². The van der Waals surface area contributed by atoms with E-state index >= 15 is 0 Å². The van der Waals surface area contributed by atoms with Crippen molar-refractivity contribution in [2.75, 3.05) is 19.8 Å². The van der Waals surface area contributed by atoms with Crippen molar-refractivity contribution in [3.8, 4) is 0 Å². The first kappa shape index (κ1) is 38.6. The van der Waals surface area contributed by atoms with Gasteiger partial charge in [-0.25, -0.2) is 19.5 Å². The molecule has 11 nitrogen and oxygen atoms in total. The molecule has 0 saturated heterocycles. The fourth-order valence-electron chi connectivity index (χ4n) is 5.51. The molecule has 0 bridgehead atoms. The summed E-state index contributed by atoms with van der Waals surface area (Å²) in [5.74, 6) is -0.404. The van der Waals surface area contributed by atoms with E-state index in [4.69, 9.17) is 26.4 Å². The Morgan fingerprint density at radius 1 is 0.913 bits per heavy atom. The van der Waals surface area contributed by atoms with Crippen molar-refractivity contribution in [3.63, 3.8) is 0 Å². The first-order chi connectivity index (χ1) is 22.4. The van der Waals surface area contributed by atoms with Gasteiger partial charge in [-0.3, -0.25) is 5.41 Å². The maximum absolute atomic E-state index is 13.3. The maximum atomic E-state index is 13.3. The number of aliphatic imine (C=N–C) groups is 1. The van der Waals surface area contributed by atoms with Crippen LogP contribution in [-0.2, 0) is 20.9 Å². The smallest absolute Gasteiger partial charge is 0.416 e. The van der Waals surface area contributed by atoms with E-state index < -0.39 is 6.09 Å². The molecule has 1 aromatic rings. The molecular weight excluding hydrogens is 584 g/mol. The molecule has 0 saturated carbocycles. The Hall–Kier alpha value is -3.60. The van der Waals surface area contributed by atoms with Crippen LogP contribution < -0.4 is 16.8 Å². The van der Waals surface area contributed by atoms with Crippen molar-refractivity contribution in [3.05, 3.63) is 47.2 Å². The Bertz CT molecular complexity index is 1090. The standard InChI is InChI=1S/C35H58N6O5/c1-2-3-4-5-6-7-8-10-16-22-29-31(30(23-19-25-42)40-34(38)39-29)32(43)45-26-18-12-9-11-17-24-41(33(36)37)35(44)46-27-28-20-14-13-15-21-28/h13-15,20-21,29,42H,2-12,16-19,22-27H2,1H3,(H3,36,37)(H3,38,39,40). The zero-order valence-electron chi connectivity index (χ0n) is 27.9. The van der Waals surface area contributed by atoms with Gasteiger partial charge in [-0.15, -0.1) is 0 Å². The molecule has 0 spiro atoms. The van der Waals surface area contributed by atoms with Gasteiger partial charge in [0, 0.05) is 18.8 Å². The van der Waals surface area contributed by atoms with Crippen LogP contribution in [0.15, 0.2) is 46.6 Å². The van der Waals surface area contributed by atoms with Crippen molar-refractivity contribution in [1.82, 2.24) is 10.2 Å².